The van der Waals surface area contributed by atoms with E-state index in [2.05, 4.69) is 16.9 Å². The van der Waals surface area contributed by atoms with Gasteiger partial charge in [0.25, 0.3) is 0 Å². The molecule has 20 heavy (non-hydrogen) atoms. The fourth-order valence-corrected chi connectivity index (χ4v) is 2.72. The van der Waals surface area contributed by atoms with Crippen LogP contribution in [0.25, 0.3) is 10.2 Å². The molecule has 0 atom stereocenters. The first kappa shape index (κ1) is 14.5. The van der Waals surface area contributed by atoms with Crippen molar-refractivity contribution in [2.75, 3.05) is 19.7 Å². The predicted octanol–water partition coefficient (Wildman–Crippen LogP) is 1.99. The van der Waals surface area contributed by atoms with Crippen molar-refractivity contribution in [3.05, 3.63) is 41.9 Å². The summed E-state index contributed by atoms with van der Waals surface area (Å²) in [4.78, 5) is 17.9. The molecule has 5 nitrogen and oxygen atoms in total. The van der Waals surface area contributed by atoms with E-state index in [4.69, 9.17) is 5.11 Å². The van der Waals surface area contributed by atoms with E-state index in [9.17, 15) is 4.79 Å². The van der Waals surface area contributed by atoms with Crippen LogP contribution < -0.4 is 5.32 Å². The first-order valence-corrected chi connectivity index (χ1v) is 7.15. The number of amides is 2. The molecular formula is C14H17N3O2S. The minimum absolute atomic E-state index is 0.0671. The molecule has 0 unspecified atom stereocenters. The summed E-state index contributed by atoms with van der Waals surface area (Å²) in [6.45, 7) is 4.62. The van der Waals surface area contributed by atoms with Crippen LogP contribution in [0.5, 0.6) is 0 Å². The lowest BCUT2D eigenvalue weighted by Crippen LogP contribution is -2.41. The molecule has 0 fully saturated rings. The Morgan fingerprint density at radius 3 is 3.00 bits per heavy atom. The van der Waals surface area contributed by atoms with Gasteiger partial charge in [0.1, 0.15) is 5.01 Å². The Hall–Kier alpha value is -1.92. The Kier molecular flexibility index (Phi) is 5.09. The summed E-state index contributed by atoms with van der Waals surface area (Å²) >= 11 is 1.56. The van der Waals surface area contributed by atoms with Crippen LogP contribution >= 0.6 is 11.3 Å². The van der Waals surface area contributed by atoms with Gasteiger partial charge in [0.15, 0.2) is 0 Å². The summed E-state index contributed by atoms with van der Waals surface area (Å²) in [5.41, 5.74) is 0.944. The SMILES string of the molecule is C=CCN(CCO)C(=O)NCc1nc2ccccc2s1. The molecule has 0 spiro atoms. The fourth-order valence-electron chi connectivity index (χ4n) is 1.81. The maximum Gasteiger partial charge on any atom is 0.318 e. The first-order chi connectivity index (χ1) is 9.74. The van der Waals surface area contributed by atoms with Crippen LogP contribution in [0.3, 0.4) is 0 Å². The highest BCUT2D eigenvalue weighted by atomic mass is 32.1. The zero-order chi connectivity index (χ0) is 14.4. The number of urea groups is 1. The second-order valence-corrected chi connectivity index (χ2v) is 5.31. The van der Waals surface area contributed by atoms with Crippen LogP contribution in [0.1, 0.15) is 5.01 Å². The van der Waals surface area contributed by atoms with E-state index in [1.165, 1.54) is 4.90 Å². The highest BCUT2D eigenvalue weighted by molar-refractivity contribution is 7.18. The Labute approximate surface area is 121 Å². The largest absolute Gasteiger partial charge is 0.395 e. The number of thiazole rings is 1. The predicted molar refractivity (Wildman–Crippen MR) is 80.7 cm³/mol. The van der Waals surface area contributed by atoms with Crippen molar-refractivity contribution in [1.29, 1.82) is 0 Å². The van der Waals surface area contributed by atoms with Gasteiger partial charge in [-0.05, 0) is 12.1 Å². The Bertz CT molecular complexity index is 564. The third-order valence-electron chi connectivity index (χ3n) is 2.74. The average molecular weight is 291 g/mol. The Morgan fingerprint density at radius 2 is 2.30 bits per heavy atom. The number of para-hydroxylation sites is 1. The van der Waals surface area contributed by atoms with E-state index >= 15 is 0 Å². The van der Waals surface area contributed by atoms with Gasteiger partial charge in [0.05, 0.1) is 23.4 Å². The molecule has 1 aromatic heterocycles. The second kappa shape index (κ2) is 7.02. The number of fused-ring (bicyclic) bond motifs is 1. The van der Waals surface area contributed by atoms with E-state index in [1.807, 2.05) is 24.3 Å². The van der Waals surface area contributed by atoms with E-state index in [0.717, 1.165) is 15.2 Å². The highest BCUT2D eigenvalue weighted by Crippen LogP contribution is 2.21. The van der Waals surface area contributed by atoms with Crippen LogP contribution in [0.15, 0.2) is 36.9 Å². The van der Waals surface area contributed by atoms with Crippen molar-refractivity contribution in [2.45, 2.75) is 6.54 Å². The standard InChI is InChI=1S/C14H17N3O2S/c1-2-7-17(8-9-18)14(19)15-10-13-16-11-5-3-4-6-12(11)20-13/h2-6,18H,1,7-10H2,(H,15,19). The topological polar surface area (TPSA) is 65.5 Å². The normalized spacial score (nSPS) is 10.4. The van der Waals surface area contributed by atoms with Crippen molar-refractivity contribution in [1.82, 2.24) is 15.2 Å². The summed E-state index contributed by atoms with van der Waals surface area (Å²) in [5.74, 6) is 0. The minimum atomic E-state index is -0.224. The number of benzene rings is 1. The van der Waals surface area contributed by atoms with Crippen LogP contribution in [-0.2, 0) is 6.54 Å². The highest BCUT2D eigenvalue weighted by Gasteiger charge is 2.11. The smallest absolute Gasteiger partial charge is 0.318 e. The molecule has 2 aromatic rings. The van der Waals surface area contributed by atoms with Crippen LogP contribution in [0, 0.1) is 0 Å². The summed E-state index contributed by atoms with van der Waals surface area (Å²) in [6.07, 6.45) is 1.63. The zero-order valence-electron chi connectivity index (χ0n) is 11.1. The van der Waals surface area contributed by atoms with Gasteiger partial charge in [-0.25, -0.2) is 9.78 Å². The first-order valence-electron chi connectivity index (χ1n) is 6.33. The van der Waals surface area contributed by atoms with Gasteiger partial charge in [0, 0.05) is 13.1 Å². The number of hydrogen-bond acceptors (Lipinski definition) is 4. The van der Waals surface area contributed by atoms with Gasteiger partial charge >= 0.3 is 6.03 Å². The number of nitrogens with one attached hydrogen (secondary N) is 1. The Balaban J connectivity index is 1.96. The number of aliphatic hydroxyl groups excluding tert-OH is 1. The van der Waals surface area contributed by atoms with Crippen LogP contribution in [-0.4, -0.2) is 40.7 Å². The number of carbonyl (C=O) groups is 1. The van der Waals surface area contributed by atoms with Gasteiger partial charge in [-0.2, -0.15) is 0 Å². The van der Waals surface area contributed by atoms with Crippen LogP contribution in [0.4, 0.5) is 4.79 Å². The van der Waals surface area contributed by atoms with Crippen molar-refractivity contribution in [2.24, 2.45) is 0 Å². The lowest BCUT2D eigenvalue weighted by Gasteiger charge is -2.19. The van der Waals surface area contributed by atoms with E-state index < -0.39 is 0 Å². The third-order valence-corrected chi connectivity index (χ3v) is 3.77. The zero-order valence-corrected chi connectivity index (χ0v) is 11.9. The van der Waals surface area contributed by atoms with Crippen LogP contribution in [0.2, 0.25) is 0 Å². The van der Waals surface area contributed by atoms with E-state index in [1.54, 1.807) is 17.4 Å². The van der Waals surface area contributed by atoms with Crippen molar-refractivity contribution in [3.63, 3.8) is 0 Å². The van der Waals surface area contributed by atoms with E-state index in [0.29, 0.717) is 13.1 Å². The molecule has 0 saturated heterocycles. The van der Waals surface area contributed by atoms with E-state index in [-0.39, 0.29) is 19.2 Å². The maximum atomic E-state index is 11.9. The van der Waals surface area contributed by atoms with Crippen molar-refractivity contribution < 1.29 is 9.90 Å². The molecule has 1 heterocycles. The summed E-state index contributed by atoms with van der Waals surface area (Å²) < 4.78 is 1.11. The quantitative estimate of drug-likeness (QED) is 0.800. The molecule has 0 aliphatic heterocycles. The third kappa shape index (κ3) is 3.55. The molecule has 2 N–H and O–H groups in total. The van der Waals surface area contributed by atoms with Gasteiger partial charge in [-0.3, -0.25) is 0 Å². The summed E-state index contributed by atoms with van der Waals surface area (Å²) in [7, 11) is 0. The summed E-state index contributed by atoms with van der Waals surface area (Å²) in [6, 6.07) is 7.65. The molecule has 106 valence electrons. The Morgan fingerprint density at radius 1 is 1.50 bits per heavy atom. The summed E-state index contributed by atoms with van der Waals surface area (Å²) in [5, 5.41) is 12.6. The van der Waals surface area contributed by atoms with Gasteiger partial charge in [-0.15, -0.1) is 17.9 Å². The van der Waals surface area contributed by atoms with Gasteiger partial charge < -0.3 is 15.3 Å². The molecule has 0 radical (unpaired) electrons. The number of hydrogen-bond donors (Lipinski definition) is 2. The van der Waals surface area contributed by atoms with Crippen molar-refractivity contribution >= 4 is 27.6 Å². The number of aromatic nitrogens is 1. The van der Waals surface area contributed by atoms with Crippen molar-refractivity contribution in [3.8, 4) is 0 Å². The molecule has 6 heteroatoms. The molecule has 1 aromatic carbocycles. The fraction of sp³-hybridized carbons (Fsp3) is 0.286. The molecule has 2 rings (SSSR count). The molecule has 0 bridgehead atoms. The number of aliphatic hydroxyl groups is 1. The average Bonchev–Trinajstić information content (AvgIpc) is 2.87. The molecule has 0 aliphatic carbocycles. The maximum absolute atomic E-state index is 11.9. The number of carbonyl (C=O) groups excluding carboxylic acids is 1. The second-order valence-electron chi connectivity index (χ2n) is 4.19. The lowest BCUT2D eigenvalue weighted by molar-refractivity contribution is 0.183. The van der Waals surface area contributed by atoms with Gasteiger partial charge in [-0.1, -0.05) is 18.2 Å². The monoisotopic (exact) mass is 291 g/mol. The number of nitrogens with zero attached hydrogens (tertiary/aromatic N) is 2. The van der Waals surface area contributed by atoms with Gasteiger partial charge in [0.2, 0.25) is 0 Å². The lowest BCUT2D eigenvalue weighted by atomic mass is 10.3. The molecule has 0 saturated carbocycles. The molecular weight excluding hydrogens is 274 g/mol. The molecule has 2 amide bonds. The minimum Gasteiger partial charge on any atom is -0.395 e. The molecule has 0 aliphatic rings. The number of rotatable bonds is 6.